The van der Waals surface area contributed by atoms with Gasteiger partial charge >= 0.3 is 5.97 Å². The monoisotopic (exact) mass is 268 g/mol. The van der Waals surface area contributed by atoms with Crippen LogP contribution in [0.2, 0.25) is 0 Å². The Balaban J connectivity index is 2.69. The van der Waals surface area contributed by atoms with Crippen LogP contribution in [-0.4, -0.2) is 41.8 Å². The van der Waals surface area contributed by atoms with Gasteiger partial charge in [0.05, 0.1) is 0 Å². The molecule has 0 bridgehead atoms. The molecule has 0 fully saturated rings. The third kappa shape index (κ3) is 4.55. The van der Waals surface area contributed by atoms with Crippen LogP contribution in [0, 0.1) is 0 Å². The summed E-state index contributed by atoms with van der Waals surface area (Å²) in [6.45, 7) is 0.622. The van der Waals surface area contributed by atoms with Gasteiger partial charge in [-0.25, -0.2) is 4.79 Å². The lowest BCUT2D eigenvalue weighted by Gasteiger charge is -2.09. The van der Waals surface area contributed by atoms with Crippen LogP contribution in [0.4, 0.5) is 0 Å². The van der Waals surface area contributed by atoms with Crippen LogP contribution in [0.1, 0.15) is 16.9 Å². The molecule has 7 nitrogen and oxygen atoms in total. The van der Waals surface area contributed by atoms with Crippen molar-refractivity contribution in [2.75, 3.05) is 20.3 Å². The zero-order valence-electron chi connectivity index (χ0n) is 10.6. The van der Waals surface area contributed by atoms with Crippen LogP contribution in [0.15, 0.2) is 23.0 Å². The SMILES string of the molecule is COCCCNC(=O)Cn1c(C(=O)O)cccc1=O. The Morgan fingerprint density at radius 2 is 2.16 bits per heavy atom. The van der Waals surface area contributed by atoms with E-state index in [-0.39, 0.29) is 12.2 Å². The highest BCUT2D eigenvalue weighted by Gasteiger charge is 2.13. The number of pyridine rings is 1. The van der Waals surface area contributed by atoms with Crippen molar-refractivity contribution in [3.63, 3.8) is 0 Å². The van der Waals surface area contributed by atoms with Crippen LogP contribution in [0.25, 0.3) is 0 Å². The molecule has 0 atom stereocenters. The summed E-state index contributed by atoms with van der Waals surface area (Å²) >= 11 is 0. The summed E-state index contributed by atoms with van der Waals surface area (Å²) in [5, 5.41) is 11.5. The number of carboxylic acids is 1. The van der Waals surface area contributed by atoms with E-state index in [4.69, 9.17) is 9.84 Å². The highest BCUT2D eigenvalue weighted by Crippen LogP contribution is 1.96. The summed E-state index contributed by atoms with van der Waals surface area (Å²) < 4.78 is 5.75. The molecule has 1 amide bonds. The Morgan fingerprint density at radius 1 is 1.42 bits per heavy atom. The first-order chi connectivity index (χ1) is 9.06. The third-order valence-corrected chi connectivity index (χ3v) is 2.42. The number of nitrogens with one attached hydrogen (secondary N) is 1. The second-order valence-corrected chi connectivity index (χ2v) is 3.84. The number of methoxy groups -OCH3 is 1. The highest BCUT2D eigenvalue weighted by atomic mass is 16.5. The van der Waals surface area contributed by atoms with E-state index in [0.717, 1.165) is 4.57 Å². The van der Waals surface area contributed by atoms with Crippen LogP contribution in [-0.2, 0) is 16.1 Å². The van der Waals surface area contributed by atoms with Crippen molar-refractivity contribution in [3.8, 4) is 0 Å². The summed E-state index contributed by atoms with van der Waals surface area (Å²) in [6, 6.07) is 3.84. The Morgan fingerprint density at radius 3 is 2.79 bits per heavy atom. The first-order valence-electron chi connectivity index (χ1n) is 5.75. The molecule has 1 aromatic heterocycles. The Labute approximate surface area is 109 Å². The van der Waals surface area contributed by atoms with E-state index in [1.807, 2.05) is 0 Å². The van der Waals surface area contributed by atoms with E-state index in [0.29, 0.717) is 19.6 Å². The lowest BCUT2D eigenvalue weighted by molar-refractivity contribution is -0.121. The fraction of sp³-hybridized carbons (Fsp3) is 0.417. The van der Waals surface area contributed by atoms with Crippen molar-refractivity contribution in [2.45, 2.75) is 13.0 Å². The maximum atomic E-state index is 11.6. The maximum absolute atomic E-state index is 11.6. The van der Waals surface area contributed by atoms with E-state index in [9.17, 15) is 14.4 Å². The molecular formula is C12H16N2O5. The van der Waals surface area contributed by atoms with Gasteiger partial charge in [-0.15, -0.1) is 0 Å². The summed E-state index contributed by atoms with van der Waals surface area (Å²) in [6.07, 6.45) is 0.651. The minimum absolute atomic E-state index is 0.209. The van der Waals surface area contributed by atoms with Gasteiger partial charge in [-0.05, 0) is 12.5 Å². The molecule has 0 aliphatic heterocycles. The van der Waals surface area contributed by atoms with Crippen LogP contribution in [0.5, 0.6) is 0 Å². The molecule has 0 spiro atoms. The van der Waals surface area contributed by atoms with Gasteiger partial charge in [0, 0.05) is 26.3 Å². The second-order valence-electron chi connectivity index (χ2n) is 3.84. The summed E-state index contributed by atoms with van der Waals surface area (Å²) in [5.74, 6) is -1.66. The predicted octanol–water partition coefficient (Wildman–Crippen LogP) is -0.301. The standard InChI is InChI=1S/C12H16N2O5/c1-19-7-3-6-13-10(15)8-14-9(12(17)18)4-2-5-11(14)16/h2,4-5H,3,6-8H2,1H3,(H,13,15)(H,17,18). The van der Waals surface area contributed by atoms with Crippen molar-refractivity contribution >= 4 is 11.9 Å². The van der Waals surface area contributed by atoms with Crippen LogP contribution >= 0.6 is 0 Å². The van der Waals surface area contributed by atoms with Crippen LogP contribution < -0.4 is 10.9 Å². The van der Waals surface area contributed by atoms with Gasteiger partial charge in [-0.2, -0.15) is 0 Å². The van der Waals surface area contributed by atoms with Gasteiger partial charge in [0.25, 0.3) is 5.56 Å². The van der Waals surface area contributed by atoms with Crippen molar-refractivity contribution < 1.29 is 19.4 Å². The molecule has 0 aromatic carbocycles. The Kier molecular flexibility index (Phi) is 5.74. The quantitative estimate of drug-likeness (QED) is 0.662. The number of amides is 1. The molecule has 0 unspecified atom stereocenters. The molecule has 0 aliphatic carbocycles. The van der Waals surface area contributed by atoms with Gasteiger partial charge in [-0.3, -0.25) is 14.2 Å². The zero-order valence-corrected chi connectivity index (χ0v) is 10.6. The molecular weight excluding hydrogens is 252 g/mol. The number of aromatic nitrogens is 1. The maximum Gasteiger partial charge on any atom is 0.352 e. The average Bonchev–Trinajstić information content (AvgIpc) is 2.37. The van der Waals surface area contributed by atoms with E-state index < -0.39 is 17.4 Å². The summed E-state index contributed by atoms with van der Waals surface area (Å²) in [7, 11) is 1.56. The molecule has 1 aromatic rings. The zero-order chi connectivity index (χ0) is 14.3. The minimum Gasteiger partial charge on any atom is -0.477 e. The number of carbonyl (C=O) groups excluding carboxylic acids is 1. The topological polar surface area (TPSA) is 97.6 Å². The Bertz CT molecular complexity index is 509. The number of ether oxygens (including phenoxy) is 1. The number of carbonyl (C=O) groups is 2. The number of carboxylic acid groups (broad SMARTS) is 1. The molecule has 0 aliphatic rings. The third-order valence-electron chi connectivity index (χ3n) is 2.42. The summed E-state index contributed by atoms with van der Waals surface area (Å²) in [5.41, 5.74) is -0.730. The van der Waals surface area contributed by atoms with Gasteiger partial charge in [0.2, 0.25) is 5.91 Å². The van der Waals surface area contributed by atoms with Crippen molar-refractivity contribution in [2.24, 2.45) is 0 Å². The minimum atomic E-state index is -1.25. The second kappa shape index (κ2) is 7.32. The molecule has 7 heteroatoms. The first kappa shape index (κ1) is 14.9. The molecule has 104 valence electrons. The number of nitrogens with zero attached hydrogens (tertiary/aromatic N) is 1. The van der Waals surface area contributed by atoms with Gasteiger partial charge < -0.3 is 15.2 Å². The lowest BCUT2D eigenvalue weighted by atomic mass is 10.3. The van der Waals surface area contributed by atoms with Crippen LogP contribution in [0.3, 0.4) is 0 Å². The summed E-state index contributed by atoms with van der Waals surface area (Å²) in [4.78, 5) is 34.1. The number of hydrogen-bond donors (Lipinski definition) is 2. The van der Waals surface area contributed by atoms with Gasteiger partial charge in [0.15, 0.2) is 0 Å². The highest BCUT2D eigenvalue weighted by molar-refractivity contribution is 5.86. The molecule has 0 radical (unpaired) electrons. The normalized spacial score (nSPS) is 10.2. The van der Waals surface area contributed by atoms with E-state index in [2.05, 4.69) is 5.32 Å². The smallest absolute Gasteiger partial charge is 0.352 e. The molecule has 0 saturated carbocycles. The van der Waals surface area contributed by atoms with Crippen molar-refractivity contribution in [1.82, 2.24) is 9.88 Å². The lowest BCUT2D eigenvalue weighted by Crippen LogP contribution is -2.35. The molecule has 2 N–H and O–H groups in total. The van der Waals surface area contributed by atoms with Crippen molar-refractivity contribution in [1.29, 1.82) is 0 Å². The largest absolute Gasteiger partial charge is 0.477 e. The molecule has 1 heterocycles. The Hall–Kier alpha value is -2.15. The fourth-order valence-corrected chi connectivity index (χ4v) is 1.51. The number of aromatic carboxylic acids is 1. The van der Waals surface area contributed by atoms with E-state index >= 15 is 0 Å². The van der Waals surface area contributed by atoms with Gasteiger partial charge in [0.1, 0.15) is 12.2 Å². The van der Waals surface area contributed by atoms with E-state index in [1.54, 1.807) is 7.11 Å². The number of hydrogen-bond acceptors (Lipinski definition) is 4. The molecule has 19 heavy (non-hydrogen) atoms. The fourth-order valence-electron chi connectivity index (χ4n) is 1.51. The number of rotatable bonds is 7. The van der Waals surface area contributed by atoms with Crippen molar-refractivity contribution in [3.05, 3.63) is 34.2 Å². The van der Waals surface area contributed by atoms with Gasteiger partial charge in [-0.1, -0.05) is 6.07 Å². The molecule has 0 saturated heterocycles. The van der Waals surface area contributed by atoms with E-state index in [1.165, 1.54) is 18.2 Å². The molecule has 1 rings (SSSR count). The predicted molar refractivity (Wildman–Crippen MR) is 67.2 cm³/mol. The first-order valence-corrected chi connectivity index (χ1v) is 5.75. The average molecular weight is 268 g/mol.